The first-order chi connectivity index (χ1) is 19.2. The van der Waals surface area contributed by atoms with Crippen LogP contribution in [0.5, 0.6) is 0 Å². The number of allylic oxidation sites excluding steroid dienone is 6. The van der Waals surface area contributed by atoms with Gasteiger partial charge in [-0.15, -0.1) is 0 Å². The summed E-state index contributed by atoms with van der Waals surface area (Å²) in [5, 5.41) is 3.15. The van der Waals surface area contributed by atoms with Gasteiger partial charge in [0.15, 0.2) is 0 Å². The fourth-order valence-electron chi connectivity index (χ4n) is 4.17. The van der Waals surface area contributed by atoms with E-state index >= 15 is 0 Å². The van der Waals surface area contributed by atoms with Crippen LogP contribution in [0.15, 0.2) is 36.5 Å². The Kier molecular flexibility index (Phi) is 30.8. The van der Waals surface area contributed by atoms with Crippen LogP contribution in [-0.2, 0) is 19.1 Å². The highest BCUT2D eigenvalue weighted by Gasteiger charge is 2.04. The van der Waals surface area contributed by atoms with Gasteiger partial charge in [-0.25, -0.2) is 0 Å². The molecule has 0 aromatic carbocycles. The van der Waals surface area contributed by atoms with Crippen molar-refractivity contribution >= 4 is 11.9 Å². The highest BCUT2D eigenvalue weighted by Crippen LogP contribution is 2.09. The fourth-order valence-corrected chi connectivity index (χ4v) is 4.17. The summed E-state index contributed by atoms with van der Waals surface area (Å²) >= 11 is 0. The number of ether oxygens (including phenoxy) is 2. The van der Waals surface area contributed by atoms with E-state index in [0.29, 0.717) is 39.1 Å². The third-order valence-electron chi connectivity index (χ3n) is 6.57. The number of rotatable bonds is 29. The van der Waals surface area contributed by atoms with Crippen molar-refractivity contribution in [2.45, 2.75) is 142 Å². The fraction of sp³-hybridized carbons (Fsp3) is 0.765. The monoisotopic (exact) mass is 547 g/mol. The molecule has 1 N–H and O–H groups in total. The second kappa shape index (κ2) is 32.3. The molecule has 0 fully saturated rings. The Labute approximate surface area is 241 Å². The standard InChI is InChI=1S/C34H61NO4/c1-3-5-7-9-11-13-14-15-16-17-18-20-22-24-26-28-34(37)39-32-30-35-29-31-38-33(36)27-25-23-21-19-12-10-8-6-4-2/h6,8,11,13,15-16,35H,3-5,7,9-10,12,14,17-32H2,1-2H3/b8-6-,13-11-,16-15-. The molecule has 0 aliphatic carbocycles. The minimum Gasteiger partial charge on any atom is -0.464 e. The van der Waals surface area contributed by atoms with Crippen LogP contribution in [0.4, 0.5) is 0 Å². The first-order valence-electron chi connectivity index (χ1n) is 16.2. The van der Waals surface area contributed by atoms with E-state index in [0.717, 1.165) is 44.9 Å². The Morgan fingerprint density at radius 1 is 0.538 bits per heavy atom. The molecule has 226 valence electrons. The molecule has 0 heterocycles. The molecule has 0 rings (SSSR count). The third kappa shape index (κ3) is 32.2. The minimum absolute atomic E-state index is 0.119. The zero-order chi connectivity index (χ0) is 28.5. The van der Waals surface area contributed by atoms with Crippen LogP contribution in [0.3, 0.4) is 0 Å². The predicted octanol–water partition coefficient (Wildman–Crippen LogP) is 9.17. The normalized spacial score (nSPS) is 11.7. The Bertz CT molecular complexity index is 627. The Morgan fingerprint density at radius 3 is 1.46 bits per heavy atom. The van der Waals surface area contributed by atoms with E-state index < -0.39 is 0 Å². The lowest BCUT2D eigenvalue weighted by atomic mass is 10.1. The maximum absolute atomic E-state index is 11.8. The molecule has 0 spiro atoms. The molecule has 0 radical (unpaired) electrons. The summed E-state index contributed by atoms with van der Waals surface area (Å²) in [5.74, 6) is -0.238. The second-order valence-electron chi connectivity index (χ2n) is 10.4. The average Bonchev–Trinajstić information content (AvgIpc) is 2.93. The van der Waals surface area contributed by atoms with E-state index in [9.17, 15) is 9.59 Å². The number of unbranched alkanes of at least 4 members (excludes halogenated alkanes) is 13. The van der Waals surface area contributed by atoms with Crippen LogP contribution in [0, 0.1) is 0 Å². The number of hydrogen-bond donors (Lipinski definition) is 1. The second-order valence-corrected chi connectivity index (χ2v) is 10.4. The molecule has 0 aromatic heterocycles. The predicted molar refractivity (Wildman–Crippen MR) is 166 cm³/mol. The van der Waals surface area contributed by atoms with Crippen molar-refractivity contribution in [3.63, 3.8) is 0 Å². The van der Waals surface area contributed by atoms with Crippen molar-refractivity contribution in [1.82, 2.24) is 5.32 Å². The molecule has 0 aliphatic heterocycles. The van der Waals surface area contributed by atoms with E-state index in [1.165, 1.54) is 70.6 Å². The molecule has 0 bridgehead atoms. The van der Waals surface area contributed by atoms with Gasteiger partial charge in [0.1, 0.15) is 13.2 Å². The van der Waals surface area contributed by atoms with Gasteiger partial charge in [-0.3, -0.25) is 9.59 Å². The zero-order valence-corrected chi connectivity index (χ0v) is 25.6. The van der Waals surface area contributed by atoms with Crippen LogP contribution >= 0.6 is 0 Å². The highest BCUT2D eigenvalue weighted by atomic mass is 16.5. The van der Waals surface area contributed by atoms with Crippen LogP contribution in [0.2, 0.25) is 0 Å². The molecule has 0 aromatic rings. The summed E-state index contributed by atoms with van der Waals surface area (Å²) in [5.41, 5.74) is 0. The molecule has 0 saturated heterocycles. The summed E-state index contributed by atoms with van der Waals surface area (Å²) in [6.45, 7) is 6.29. The van der Waals surface area contributed by atoms with E-state index in [4.69, 9.17) is 9.47 Å². The lowest BCUT2D eigenvalue weighted by molar-refractivity contribution is -0.143. The van der Waals surface area contributed by atoms with Gasteiger partial charge in [-0.1, -0.05) is 102 Å². The highest BCUT2D eigenvalue weighted by molar-refractivity contribution is 5.69. The van der Waals surface area contributed by atoms with Gasteiger partial charge in [0.05, 0.1) is 0 Å². The smallest absolute Gasteiger partial charge is 0.305 e. The average molecular weight is 548 g/mol. The Morgan fingerprint density at radius 2 is 0.974 bits per heavy atom. The van der Waals surface area contributed by atoms with Gasteiger partial charge in [0.25, 0.3) is 0 Å². The summed E-state index contributed by atoms with van der Waals surface area (Å²) < 4.78 is 10.5. The van der Waals surface area contributed by atoms with Crippen molar-refractivity contribution in [1.29, 1.82) is 0 Å². The van der Waals surface area contributed by atoms with Gasteiger partial charge in [-0.05, 0) is 64.2 Å². The number of carbonyl (C=O) groups is 2. The van der Waals surface area contributed by atoms with Gasteiger partial charge >= 0.3 is 11.9 Å². The molecule has 0 atom stereocenters. The van der Waals surface area contributed by atoms with E-state index in [-0.39, 0.29) is 11.9 Å². The molecule has 5 nitrogen and oxygen atoms in total. The Hall–Kier alpha value is -1.88. The maximum atomic E-state index is 11.8. The molecule has 5 heteroatoms. The third-order valence-corrected chi connectivity index (χ3v) is 6.57. The van der Waals surface area contributed by atoms with Crippen LogP contribution in [-0.4, -0.2) is 38.2 Å². The lowest BCUT2D eigenvalue weighted by Crippen LogP contribution is -2.26. The zero-order valence-electron chi connectivity index (χ0n) is 25.6. The molecular weight excluding hydrogens is 486 g/mol. The van der Waals surface area contributed by atoms with E-state index in [1.807, 2.05) is 0 Å². The van der Waals surface area contributed by atoms with E-state index in [2.05, 4.69) is 55.6 Å². The summed E-state index contributed by atoms with van der Waals surface area (Å²) in [6.07, 6.45) is 35.5. The maximum Gasteiger partial charge on any atom is 0.305 e. The number of carbonyl (C=O) groups excluding carboxylic acids is 2. The quantitative estimate of drug-likeness (QED) is 0.0574. The van der Waals surface area contributed by atoms with E-state index in [1.54, 1.807) is 0 Å². The van der Waals surface area contributed by atoms with Crippen molar-refractivity contribution in [3.05, 3.63) is 36.5 Å². The molecule has 0 unspecified atom stereocenters. The summed E-state index contributed by atoms with van der Waals surface area (Å²) in [4.78, 5) is 23.6. The lowest BCUT2D eigenvalue weighted by Gasteiger charge is -2.08. The first kappa shape index (κ1) is 37.1. The van der Waals surface area contributed by atoms with Gasteiger partial charge in [0.2, 0.25) is 0 Å². The topological polar surface area (TPSA) is 64.6 Å². The van der Waals surface area contributed by atoms with Crippen LogP contribution in [0.1, 0.15) is 142 Å². The van der Waals surface area contributed by atoms with Gasteiger partial charge in [0, 0.05) is 25.9 Å². The SMILES string of the molecule is CC/C=C\CCCCCCCC(=O)OCCNCCOC(=O)CCCCCCC/C=C\C/C=C\CCCCC. The van der Waals surface area contributed by atoms with Gasteiger partial charge < -0.3 is 14.8 Å². The minimum atomic E-state index is -0.119. The molecule has 0 saturated carbocycles. The Balaban J connectivity index is 3.34. The molecule has 0 aliphatic rings. The molecule has 0 amide bonds. The van der Waals surface area contributed by atoms with Crippen molar-refractivity contribution < 1.29 is 19.1 Å². The van der Waals surface area contributed by atoms with Crippen LogP contribution in [0.25, 0.3) is 0 Å². The van der Waals surface area contributed by atoms with Gasteiger partial charge in [-0.2, -0.15) is 0 Å². The van der Waals surface area contributed by atoms with Crippen molar-refractivity contribution in [2.24, 2.45) is 0 Å². The first-order valence-corrected chi connectivity index (χ1v) is 16.2. The largest absolute Gasteiger partial charge is 0.464 e. The van der Waals surface area contributed by atoms with Crippen molar-refractivity contribution in [3.8, 4) is 0 Å². The number of esters is 2. The summed E-state index contributed by atoms with van der Waals surface area (Å²) in [7, 11) is 0. The molecule has 39 heavy (non-hydrogen) atoms. The summed E-state index contributed by atoms with van der Waals surface area (Å²) in [6, 6.07) is 0. The molecular formula is C34H61NO4. The number of hydrogen-bond acceptors (Lipinski definition) is 5. The van der Waals surface area contributed by atoms with Crippen LogP contribution < -0.4 is 5.32 Å². The van der Waals surface area contributed by atoms with Crippen molar-refractivity contribution in [2.75, 3.05) is 26.3 Å². The number of nitrogens with one attached hydrogen (secondary N) is 1.